The summed E-state index contributed by atoms with van der Waals surface area (Å²) in [6.45, 7) is 4.05. The summed E-state index contributed by atoms with van der Waals surface area (Å²) in [4.78, 5) is 11.5. The van der Waals surface area contributed by atoms with Gasteiger partial charge in [0.05, 0.1) is 6.26 Å². The molecule has 0 bridgehead atoms. The molecule has 5 rings (SSSR count). The van der Waals surface area contributed by atoms with Crippen LogP contribution in [0.25, 0.3) is 17.4 Å². The summed E-state index contributed by atoms with van der Waals surface area (Å²) in [5.74, 6) is 3.64. The van der Waals surface area contributed by atoms with Crippen LogP contribution in [0.4, 0.5) is 5.82 Å². The molecule has 1 saturated heterocycles. The van der Waals surface area contributed by atoms with Crippen molar-refractivity contribution in [2.24, 2.45) is 5.92 Å². The zero-order valence-corrected chi connectivity index (χ0v) is 16.0. The summed E-state index contributed by atoms with van der Waals surface area (Å²) in [5.41, 5.74) is 2.38. The number of aromatic nitrogens is 4. The molecular weight excluding hydrogens is 350 g/mol. The van der Waals surface area contributed by atoms with E-state index in [4.69, 9.17) is 4.42 Å². The molecule has 0 N–H and O–H groups in total. The van der Waals surface area contributed by atoms with E-state index in [1.165, 1.54) is 18.4 Å². The molecule has 0 atom stereocenters. The first-order valence-electron chi connectivity index (χ1n) is 9.83. The number of rotatable bonds is 4. The third-order valence-corrected chi connectivity index (χ3v) is 5.47. The maximum atomic E-state index is 5.46. The summed E-state index contributed by atoms with van der Waals surface area (Å²) in [7, 11) is 0. The number of furan rings is 1. The van der Waals surface area contributed by atoms with E-state index in [0.717, 1.165) is 36.9 Å². The molecule has 3 aromatic heterocycles. The molecule has 28 heavy (non-hydrogen) atoms. The molecule has 142 valence electrons. The minimum absolute atomic E-state index is 0.573. The van der Waals surface area contributed by atoms with Crippen molar-refractivity contribution in [3.63, 3.8) is 0 Å². The Hall–Kier alpha value is -3.15. The molecule has 1 aromatic carbocycles. The molecule has 6 heteroatoms. The zero-order valence-electron chi connectivity index (χ0n) is 16.0. The number of hydrogen-bond acceptors (Lipinski definition) is 5. The van der Waals surface area contributed by atoms with Crippen molar-refractivity contribution in [3.8, 4) is 11.6 Å². The van der Waals surface area contributed by atoms with E-state index in [2.05, 4.69) is 56.4 Å². The first-order chi connectivity index (χ1) is 13.8. The summed E-state index contributed by atoms with van der Waals surface area (Å²) in [6.07, 6.45) is 5.15. The lowest BCUT2D eigenvalue weighted by molar-refractivity contribution is 0.401. The maximum Gasteiger partial charge on any atom is 0.254 e. The molecular formula is C22H23N5O. The Morgan fingerprint density at radius 3 is 2.61 bits per heavy atom. The number of nitrogens with zero attached hydrogens (tertiary/aromatic N) is 5. The molecule has 0 aliphatic carbocycles. The average molecular weight is 373 g/mol. The van der Waals surface area contributed by atoms with Crippen LogP contribution in [0.2, 0.25) is 0 Å². The molecule has 4 aromatic rings. The van der Waals surface area contributed by atoms with Gasteiger partial charge in [-0.1, -0.05) is 30.3 Å². The molecule has 0 radical (unpaired) electrons. The van der Waals surface area contributed by atoms with Crippen LogP contribution >= 0.6 is 0 Å². The Bertz CT molecular complexity index is 1060. The Morgan fingerprint density at radius 1 is 1.04 bits per heavy atom. The van der Waals surface area contributed by atoms with Gasteiger partial charge in [-0.2, -0.15) is 9.50 Å². The lowest BCUT2D eigenvalue weighted by Gasteiger charge is -2.33. The van der Waals surface area contributed by atoms with Gasteiger partial charge in [-0.25, -0.2) is 4.98 Å². The van der Waals surface area contributed by atoms with E-state index >= 15 is 0 Å². The Morgan fingerprint density at radius 2 is 1.86 bits per heavy atom. The first-order valence-corrected chi connectivity index (χ1v) is 9.83. The highest BCUT2D eigenvalue weighted by molar-refractivity contribution is 5.54. The van der Waals surface area contributed by atoms with Gasteiger partial charge in [-0.15, -0.1) is 5.10 Å². The smallest absolute Gasteiger partial charge is 0.254 e. The SMILES string of the molecule is Cc1cc(N2CCC(Cc3ccccc3)CC2)n2nc(-c3ccco3)nc2n1. The Kier molecular flexibility index (Phi) is 4.31. The molecule has 1 fully saturated rings. The van der Waals surface area contributed by atoms with Crippen molar-refractivity contribution < 1.29 is 4.42 Å². The third-order valence-electron chi connectivity index (χ3n) is 5.47. The highest BCUT2D eigenvalue weighted by Crippen LogP contribution is 2.27. The van der Waals surface area contributed by atoms with Crippen LogP contribution in [0, 0.1) is 12.8 Å². The molecule has 0 spiro atoms. The second-order valence-corrected chi connectivity index (χ2v) is 7.50. The fourth-order valence-electron chi connectivity index (χ4n) is 4.02. The second kappa shape index (κ2) is 7.11. The molecule has 0 unspecified atom stereocenters. The molecule has 6 nitrogen and oxygen atoms in total. The van der Waals surface area contributed by atoms with Gasteiger partial charge in [-0.05, 0) is 49.8 Å². The maximum absolute atomic E-state index is 5.46. The van der Waals surface area contributed by atoms with Gasteiger partial charge in [0, 0.05) is 24.8 Å². The Balaban J connectivity index is 1.37. The average Bonchev–Trinajstić information content (AvgIpc) is 3.38. The summed E-state index contributed by atoms with van der Waals surface area (Å²) < 4.78 is 7.31. The van der Waals surface area contributed by atoms with Crippen LogP contribution in [0.15, 0.2) is 59.2 Å². The zero-order chi connectivity index (χ0) is 18.9. The van der Waals surface area contributed by atoms with Gasteiger partial charge in [0.15, 0.2) is 5.76 Å². The van der Waals surface area contributed by atoms with E-state index in [-0.39, 0.29) is 0 Å². The highest BCUT2D eigenvalue weighted by Gasteiger charge is 2.23. The van der Waals surface area contributed by atoms with Crippen LogP contribution in [0.1, 0.15) is 24.1 Å². The lowest BCUT2D eigenvalue weighted by atomic mass is 9.90. The number of aryl methyl sites for hydroxylation is 1. The molecule has 0 saturated carbocycles. The summed E-state index contributed by atoms with van der Waals surface area (Å²) >= 11 is 0. The predicted octanol–water partition coefficient (Wildman–Crippen LogP) is 4.15. The van der Waals surface area contributed by atoms with Crippen molar-refractivity contribution in [1.29, 1.82) is 0 Å². The normalized spacial score (nSPS) is 15.4. The van der Waals surface area contributed by atoms with Crippen LogP contribution in [-0.2, 0) is 6.42 Å². The van der Waals surface area contributed by atoms with Gasteiger partial charge >= 0.3 is 0 Å². The van der Waals surface area contributed by atoms with Crippen LogP contribution < -0.4 is 4.90 Å². The van der Waals surface area contributed by atoms with Crippen molar-refractivity contribution in [2.45, 2.75) is 26.2 Å². The number of hydrogen-bond donors (Lipinski definition) is 0. The summed E-state index contributed by atoms with van der Waals surface area (Å²) in [5, 5.41) is 4.67. The first kappa shape index (κ1) is 17.0. The second-order valence-electron chi connectivity index (χ2n) is 7.50. The van der Waals surface area contributed by atoms with Crippen molar-refractivity contribution in [2.75, 3.05) is 18.0 Å². The minimum atomic E-state index is 0.573. The van der Waals surface area contributed by atoms with E-state index in [9.17, 15) is 0 Å². The number of piperidine rings is 1. The fourth-order valence-corrected chi connectivity index (χ4v) is 4.02. The van der Waals surface area contributed by atoms with E-state index in [0.29, 0.717) is 17.4 Å². The monoisotopic (exact) mass is 373 g/mol. The van der Waals surface area contributed by atoms with Gasteiger partial charge < -0.3 is 9.32 Å². The van der Waals surface area contributed by atoms with Crippen molar-refractivity contribution in [1.82, 2.24) is 19.6 Å². The lowest BCUT2D eigenvalue weighted by Crippen LogP contribution is -2.35. The minimum Gasteiger partial charge on any atom is -0.461 e. The van der Waals surface area contributed by atoms with E-state index < -0.39 is 0 Å². The number of fused-ring (bicyclic) bond motifs is 1. The third kappa shape index (κ3) is 3.26. The van der Waals surface area contributed by atoms with Gasteiger partial charge in [0.2, 0.25) is 5.82 Å². The largest absolute Gasteiger partial charge is 0.461 e. The Labute approximate surface area is 163 Å². The molecule has 1 aliphatic rings. The fraction of sp³-hybridized carbons (Fsp3) is 0.318. The van der Waals surface area contributed by atoms with Crippen LogP contribution in [0.3, 0.4) is 0 Å². The van der Waals surface area contributed by atoms with Crippen molar-refractivity contribution in [3.05, 3.63) is 66.1 Å². The van der Waals surface area contributed by atoms with E-state index in [1.807, 2.05) is 23.6 Å². The van der Waals surface area contributed by atoms with Crippen LogP contribution in [0.5, 0.6) is 0 Å². The molecule has 1 aliphatic heterocycles. The highest BCUT2D eigenvalue weighted by atomic mass is 16.3. The predicted molar refractivity (Wildman–Crippen MR) is 108 cm³/mol. The van der Waals surface area contributed by atoms with Gasteiger partial charge in [0.25, 0.3) is 5.78 Å². The number of anilines is 1. The van der Waals surface area contributed by atoms with Gasteiger partial charge in [-0.3, -0.25) is 0 Å². The van der Waals surface area contributed by atoms with Gasteiger partial charge in [0.1, 0.15) is 5.82 Å². The summed E-state index contributed by atoms with van der Waals surface area (Å²) in [6, 6.07) is 16.6. The van der Waals surface area contributed by atoms with Crippen LogP contribution in [-0.4, -0.2) is 32.7 Å². The number of benzene rings is 1. The standard InChI is InChI=1S/C22H23N5O/c1-16-14-20(27-22(23-16)24-21(25-27)19-8-5-13-28-19)26-11-9-18(10-12-26)15-17-6-3-2-4-7-17/h2-8,13-14,18H,9-12,15H2,1H3. The van der Waals surface area contributed by atoms with Crippen molar-refractivity contribution >= 4 is 11.6 Å². The molecule has 0 amide bonds. The quantitative estimate of drug-likeness (QED) is 0.538. The van der Waals surface area contributed by atoms with E-state index in [1.54, 1.807) is 6.26 Å². The molecule has 4 heterocycles. The topological polar surface area (TPSA) is 59.5 Å².